The van der Waals surface area contributed by atoms with Crippen molar-refractivity contribution in [2.75, 3.05) is 0 Å². The average Bonchev–Trinajstić information content (AvgIpc) is 1.98. The third kappa shape index (κ3) is 5.05. The molecule has 0 aromatic carbocycles. The molecule has 0 N–H and O–H groups in total. The minimum Gasteiger partial charge on any atom is -0.294 e. The molecule has 0 heterocycles. The zero-order valence-corrected chi connectivity index (χ0v) is 8.04. The van der Waals surface area contributed by atoms with E-state index in [0.29, 0.717) is 17.0 Å². The first kappa shape index (κ1) is 10.7. The van der Waals surface area contributed by atoms with E-state index in [-0.39, 0.29) is 5.78 Å². The largest absolute Gasteiger partial charge is 0.294 e. The number of carbonyl (C=O) groups excluding carboxylic acids is 1. The smallest absolute Gasteiger partial charge is 0.163 e. The first-order chi connectivity index (χ1) is 5.07. The summed E-state index contributed by atoms with van der Waals surface area (Å²) in [5.41, 5.74) is 1.83. The van der Waals surface area contributed by atoms with Crippen molar-refractivity contribution in [3.05, 3.63) is 22.2 Å². The number of ketones is 1. The molecule has 3 heteroatoms. The average molecular weight is 193 g/mol. The molecule has 0 aliphatic rings. The van der Waals surface area contributed by atoms with Crippen LogP contribution in [0.3, 0.4) is 0 Å². The fourth-order valence-electron chi connectivity index (χ4n) is 0.455. The number of hydrogen-bond acceptors (Lipinski definition) is 1. The van der Waals surface area contributed by atoms with Crippen LogP contribution in [0.25, 0.3) is 0 Å². The molecule has 0 atom stereocenters. The van der Waals surface area contributed by atoms with Crippen LogP contribution in [0.15, 0.2) is 22.2 Å². The highest BCUT2D eigenvalue weighted by Gasteiger charge is 2.00. The van der Waals surface area contributed by atoms with E-state index >= 15 is 0 Å². The molecule has 0 aliphatic heterocycles. The lowest BCUT2D eigenvalue weighted by Gasteiger charge is -1.93. The van der Waals surface area contributed by atoms with E-state index in [4.69, 9.17) is 23.2 Å². The lowest BCUT2D eigenvalue weighted by Crippen LogP contribution is -1.96. The highest BCUT2D eigenvalue weighted by Crippen LogP contribution is 2.05. The Morgan fingerprint density at radius 3 is 2.36 bits per heavy atom. The van der Waals surface area contributed by atoms with Gasteiger partial charge in [0.25, 0.3) is 0 Å². The van der Waals surface area contributed by atoms with E-state index in [1.54, 1.807) is 19.9 Å². The molecule has 0 fully saturated rings. The molecule has 0 aliphatic carbocycles. The van der Waals surface area contributed by atoms with Crippen LogP contribution in [0, 0.1) is 0 Å². The van der Waals surface area contributed by atoms with Gasteiger partial charge in [-0.15, -0.1) is 0 Å². The van der Waals surface area contributed by atoms with E-state index in [2.05, 4.69) is 0 Å². The van der Waals surface area contributed by atoms with E-state index in [1.165, 1.54) is 5.54 Å². The van der Waals surface area contributed by atoms with E-state index in [9.17, 15) is 4.79 Å². The molecule has 0 spiro atoms. The number of hydrogen-bond donors (Lipinski definition) is 0. The predicted octanol–water partition coefficient (Wildman–Crippen LogP) is 3.23. The topological polar surface area (TPSA) is 17.1 Å². The summed E-state index contributed by atoms with van der Waals surface area (Å²) >= 11 is 10.9. The van der Waals surface area contributed by atoms with Crippen molar-refractivity contribution in [3.63, 3.8) is 0 Å². The van der Waals surface area contributed by atoms with E-state index < -0.39 is 0 Å². The molecule has 0 saturated carbocycles. The summed E-state index contributed by atoms with van der Waals surface area (Å²) < 4.78 is 0. The van der Waals surface area contributed by atoms with E-state index in [1.807, 2.05) is 0 Å². The minimum atomic E-state index is 0.000000000000000444. The van der Waals surface area contributed by atoms with Crippen LogP contribution >= 0.6 is 23.2 Å². The molecule has 1 nitrogen and oxygen atoms in total. The van der Waals surface area contributed by atoms with Gasteiger partial charge in [-0.05, 0) is 13.8 Å². The Bertz CT molecular complexity index is 200. The number of rotatable bonds is 3. The molecular formula is C8H10Cl2O. The Kier molecular flexibility index (Phi) is 5.26. The molecule has 0 unspecified atom stereocenters. The Balaban J connectivity index is 4.00. The number of allylic oxidation sites excluding steroid dienone is 3. The predicted molar refractivity (Wildman–Crippen MR) is 48.8 cm³/mol. The SMILES string of the molecule is C/C(Cl)=C/CC(=O)/C(C)=C/Cl. The van der Waals surface area contributed by atoms with Crippen LogP contribution in [0.4, 0.5) is 0 Å². The van der Waals surface area contributed by atoms with Gasteiger partial charge in [-0.3, -0.25) is 4.79 Å². The Labute approximate surface area is 76.7 Å². The monoisotopic (exact) mass is 192 g/mol. The number of Topliss-reactive ketones (excluding diaryl/α,β-unsaturated/α-hetero) is 1. The minimum absolute atomic E-state index is 0.000000000000000444. The zero-order valence-electron chi connectivity index (χ0n) is 6.53. The Morgan fingerprint density at radius 2 is 2.00 bits per heavy atom. The first-order valence-electron chi connectivity index (χ1n) is 3.20. The van der Waals surface area contributed by atoms with Crippen molar-refractivity contribution >= 4 is 29.0 Å². The van der Waals surface area contributed by atoms with E-state index in [0.717, 1.165) is 0 Å². The zero-order chi connectivity index (χ0) is 8.85. The lowest BCUT2D eigenvalue weighted by atomic mass is 10.1. The van der Waals surface area contributed by atoms with Crippen LogP contribution in [0.5, 0.6) is 0 Å². The summed E-state index contributed by atoms with van der Waals surface area (Å²) in [6, 6.07) is 0. The van der Waals surface area contributed by atoms with Gasteiger partial charge in [-0.1, -0.05) is 29.3 Å². The molecule has 0 aromatic heterocycles. The summed E-state index contributed by atoms with van der Waals surface area (Å²) in [7, 11) is 0. The van der Waals surface area contributed by atoms with Gasteiger partial charge in [0.1, 0.15) is 0 Å². The van der Waals surface area contributed by atoms with Crippen molar-refractivity contribution in [1.29, 1.82) is 0 Å². The highest BCUT2D eigenvalue weighted by atomic mass is 35.5. The summed E-state index contributed by atoms with van der Waals surface area (Å²) in [5.74, 6) is 0.000000000000000444. The fourth-order valence-corrected chi connectivity index (χ4v) is 0.654. The number of halogens is 2. The van der Waals surface area contributed by atoms with Crippen molar-refractivity contribution in [2.24, 2.45) is 0 Å². The molecule has 0 aromatic rings. The normalized spacial score (nSPS) is 13.5. The first-order valence-corrected chi connectivity index (χ1v) is 4.01. The second kappa shape index (κ2) is 5.39. The maximum absolute atomic E-state index is 11.0. The maximum atomic E-state index is 11.0. The van der Waals surface area contributed by atoms with Gasteiger partial charge in [-0.2, -0.15) is 0 Å². The maximum Gasteiger partial charge on any atom is 0.163 e. The molecule has 0 saturated heterocycles. The Morgan fingerprint density at radius 1 is 1.45 bits per heavy atom. The molecule has 62 valence electrons. The van der Waals surface area contributed by atoms with Gasteiger partial charge in [-0.25, -0.2) is 0 Å². The molecule has 11 heavy (non-hydrogen) atoms. The van der Waals surface area contributed by atoms with Gasteiger partial charge in [0, 0.05) is 22.6 Å². The molecule has 0 amide bonds. The summed E-state index contributed by atoms with van der Waals surface area (Å²) in [5, 5.41) is 0.626. The van der Waals surface area contributed by atoms with Crippen molar-refractivity contribution in [3.8, 4) is 0 Å². The second-order valence-corrected chi connectivity index (χ2v) is 3.02. The lowest BCUT2D eigenvalue weighted by molar-refractivity contribution is -0.114. The van der Waals surface area contributed by atoms with Crippen LogP contribution < -0.4 is 0 Å². The van der Waals surface area contributed by atoms with Crippen LogP contribution in [0.1, 0.15) is 20.3 Å². The van der Waals surface area contributed by atoms with Gasteiger partial charge in [0.15, 0.2) is 5.78 Å². The quantitative estimate of drug-likeness (QED) is 0.628. The van der Waals surface area contributed by atoms with Gasteiger partial charge in [0.05, 0.1) is 0 Å². The molecule has 0 rings (SSSR count). The highest BCUT2D eigenvalue weighted by molar-refractivity contribution is 6.29. The van der Waals surface area contributed by atoms with Gasteiger partial charge in [0.2, 0.25) is 0 Å². The van der Waals surface area contributed by atoms with Crippen LogP contribution in [-0.2, 0) is 4.79 Å². The van der Waals surface area contributed by atoms with Crippen molar-refractivity contribution < 1.29 is 4.79 Å². The molecular weight excluding hydrogens is 183 g/mol. The van der Waals surface area contributed by atoms with Gasteiger partial charge < -0.3 is 0 Å². The Hall–Kier alpha value is -0.270. The molecule has 0 bridgehead atoms. The third-order valence-electron chi connectivity index (χ3n) is 1.17. The van der Waals surface area contributed by atoms with Crippen molar-refractivity contribution in [2.45, 2.75) is 20.3 Å². The standard InChI is InChI=1S/C8H10Cl2O/c1-6(5-9)8(11)4-3-7(2)10/h3,5H,4H2,1-2H3/b6-5+,7-3-. The number of carbonyl (C=O) groups is 1. The fraction of sp³-hybridized carbons (Fsp3) is 0.375. The van der Waals surface area contributed by atoms with Crippen LogP contribution in [-0.4, -0.2) is 5.78 Å². The summed E-state index contributed by atoms with van der Waals surface area (Å²) in [4.78, 5) is 11.0. The molecule has 0 radical (unpaired) electrons. The van der Waals surface area contributed by atoms with Crippen LogP contribution in [0.2, 0.25) is 0 Å². The van der Waals surface area contributed by atoms with Crippen molar-refractivity contribution in [1.82, 2.24) is 0 Å². The van der Waals surface area contributed by atoms with Gasteiger partial charge >= 0.3 is 0 Å². The second-order valence-electron chi connectivity index (χ2n) is 2.21. The summed E-state index contributed by atoms with van der Waals surface area (Å²) in [6.45, 7) is 3.40. The summed E-state index contributed by atoms with van der Waals surface area (Å²) in [6.07, 6.45) is 1.98. The third-order valence-corrected chi connectivity index (χ3v) is 1.65.